The smallest absolute Gasteiger partial charge is 0.174 e. The van der Waals surface area contributed by atoms with Gasteiger partial charge in [-0.25, -0.2) is 4.98 Å². The number of nitrogens with one attached hydrogen (secondary N) is 1. The van der Waals surface area contributed by atoms with Gasteiger partial charge in [-0.2, -0.15) is 0 Å². The molecule has 2 heterocycles. The van der Waals surface area contributed by atoms with Gasteiger partial charge >= 0.3 is 0 Å². The lowest BCUT2D eigenvalue weighted by molar-refractivity contribution is 0.0844. The Morgan fingerprint density at radius 1 is 1.50 bits per heavy atom. The van der Waals surface area contributed by atoms with Crippen molar-refractivity contribution in [3.05, 3.63) is 16.1 Å². The second-order valence-corrected chi connectivity index (χ2v) is 4.23. The number of rotatable bonds is 2. The highest BCUT2D eigenvalue weighted by atomic mass is 79.9. The lowest BCUT2D eigenvalue weighted by Crippen LogP contribution is -2.16. The van der Waals surface area contributed by atoms with Crippen LogP contribution in [-0.4, -0.2) is 23.2 Å². The van der Waals surface area contributed by atoms with Gasteiger partial charge in [-0.15, -0.1) is 0 Å². The van der Waals surface area contributed by atoms with Crippen LogP contribution in [0.4, 0.5) is 0 Å². The maximum Gasteiger partial charge on any atom is 0.174 e. The number of nitrogens with zero attached hydrogens (tertiary/aromatic N) is 1. The lowest BCUT2D eigenvalue weighted by atomic mass is 9.95. The van der Waals surface area contributed by atoms with E-state index in [1.54, 1.807) is 0 Å². The summed E-state index contributed by atoms with van der Waals surface area (Å²) in [6.45, 7) is 2.18. The van der Waals surface area contributed by atoms with Crippen LogP contribution in [0.15, 0.2) is 4.73 Å². The molecule has 0 saturated carbocycles. The Morgan fingerprint density at radius 3 is 2.86 bits per heavy atom. The summed E-state index contributed by atoms with van der Waals surface area (Å²) in [6, 6.07) is 0. The predicted molar refractivity (Wildman–Crippen MR) is 57.0 cm³/mol. The first-order valence-electron chi connectivity index (χ1n) is 4.83. The van der Waals surface area contributed by atoms with Crippen molar-refractivity contribution in [1.82, 2.24) is 9.97 Å². The van der Waals surface area contributed by atoms with E-state index in [1.165, 1.54) is 0 Å². The van der Waals surface area contributed by atoms with E-state index >= 15 is 0 Å². The zero-order valence-electron chi connectivity index (χ0n) is 7.92. The molecule has 0 bridgehead atoms. The molecule has 14 heavy (non-hydrogen) atoms. The van der Waals surface area contributed by atoms with Crippen molar-refractivity contribution in [1.29, 1.82) is 0 Å². The molecule has 1 saturated heterocycles. The molecular weight excluding hydrogens is 246 g/mol. The molecule has 0 unspecified atom stereocenters. The molecule has 1 aromatic heterocycles. The zero-order chi connectivity index (χ0) is 9.97. The number of ether oxygens (including phenoxy) is 1. The summed E-state index contributed by atoms with van der Waals surface area (Å²) in [4.78, 5) is 7.56. The van der Waals surface area contributed by atoms with Crippen LogP contribution in [0.2, 0.25) is 0 Å². The average Bonchev–Trinajstić information content (AvgIpc) is 2.61. The van der Waals surface area contributed by atoms with Crippen molar-refractivity contribution < 1.29 is 4.74 Å². The third kappa shape index (κ3) is 1.99. The SMILES string of the molecule is NCc1[nH]c(Br)nc1C1CCOCC1. The third-order valence-corrected chi connectivity index (χ3v) is 2.97. The molecule has 78 valence electrons. The molecule has 3 N–H and O–H groups in total. The topological polar surface area (TPSA) is 63.9 Å². The number of H-pyrrole nitrogens is 1. The van der Waals surface area contributed by atoms with E-state index in [9.17, 15) is 0 Å². The van der Waals surface area contributed by atoms with Crippen LogP contribution in [0, 0.1) is 0 Å². The minimum atomic E-state index is 0.504. The lowest BCUT2D eigenvalue weighted by Gasteiger charge is -2.21. The van der Waals surface area contributed by atoms with Crippen LogP contribution < -0.4 is 5.73 Å². The Balaban J connectivity index is 2.20. The fourth-order valence-corrected chi connectivity index (χ4v) is 2.28. The Bertz CT molecular complexity index is 307. The number of nitrogens with two attached hydrogens (primary N) is 1. The first-order chi connectivity index (χ1) is 6.81. The Hall–Kier alpha value is -0.390. The molecule has 1 aromatic rings. The normalized spacial score (nSPS) is 18.7. The molecule has 5 heteroatoms. The van der Waals surface area contributed by atoms with Gasteiger partial charge in [0.1, 0.15) is 0 Å². The average molecular weight is 260 g/mol. The quantitative estimate of drug-likeness (QED) is 0.847. The van der Waals surface area contributed by atoms with Crippen molar-refractivity contribution >= 4 is 15.9 Å². The van der Waals surface area contributed by atoms with Gasteiger partial charge < -0.3 is 15.5 Å². The molecule has 1 aliphatic rings. The monoisotopic (exact) mass is 259 g/mol. The standard InChI is InChI=1S/C9H14BrN3O/c10-9-12-7(5-11)8(13-9)6-1-3-14-4-2-6/h6H,1-5,11H2,(H,12,13). The molecule has 0 amide bonds. The van der Waals surface area contributed by atoms with Crippen LogP contribution in [0.5, 0.6) is 0 Å². The fourth-order valence-electron chi connectivity index (χ4n) is 1.85. The summed E-state index contributed by atoms with van der Waals surface area (Å²) >= 11 is 3.34. The highest BCUT2D eigenvalue weighted by molar-refractivity contribution is 9.10. The van der Waals surface area contributed by atoms with Crippen molar-refractivity contribution in [2.24, 2.45) is 5.73 Å². The molecule has 0 atom stereocenters. The molecule has 0 aromatic carbocycles. The van der Waals surface area contributed by atoms with Gasteiger partial charge in [0.25, 0.3) is 0 Å². The molecule has 2 rings (SSSR count). The van der Waals surface area contributed by atoms with E-state index in [0.29, 0.717) is 12.5 Å². The summed E-state index contributed by atoms with van der Waals surface area (Å²) in [7, 11) is 0. The van der Waals surface area contributed by atoms with Crippen molar-refractivity contribution in [3.8, 4) is 0 Å². The number of aromatic nitrogens is 2. The highest BCUT2D eigenvalue weighted by Gasteiger charge is 2.21. The fraction of sp³-hybridized carbons (Fsp3) is 0.667. The van der Waals surface area contributed by atoms with Gasteiger partial charge in [0.05, 0.1) is 11.4 Å². The van der Waals surface area contributed by atoms with Crippen LogP contribution >= 0.6 is 15.9 Å². The van der Waals surface area contributed by atoms with Crippen LogP contribution in [0.25, 0.3) is 0 Å². The number of aromatic amines is 1. The maximum atomic E-state index is 5.65. The second kappa shape index (κ2) is 4.42. The van der Waals surface area contributed by atoms with Gasteiger partial charge in [-0.05, 0) is 28.8 Å². The minimum absolute atomic E-state index is 0.504. The first-order valence-corrected chi connectivity index (χ1v) is 5.62. The van der Waals surface area contributed by atoms with Gasteiger partial charge in [0.2, 0.25) is 0 Å². The van der Waals surface area contributed by atoms with Gasteiger partial charge in [0, 0.05) is 25.7 Å². The van der Waals surface area contributed by atoms with E-state index in [-0.39, 0.29) is 0 Å². The molecule has 0 radical (unpaired) electrons. The summed E-state index contributed by atoms with van der Waals surface area (Å²) in [6.07, 6.45) is 2.09. The number of halogens is 1. The summed E-state index contributed by atoms with van der Waals surface area (Å²) in [5.41, 5.74) is 7.81. The number of hydrogen-bond acceptors (Lipinski definition) is 3. The number of hydrogen-bond donors (Lipinski definition) is 2. The van der Waals surface area contributed by atoms with Crippen LogP contribution in [-0.2, 0) is 11.3 Å². The van der Waals surface area contributed by atoms with E-state index in [0.717, 1.165) is 42.2 Å². The van der Waals surface area contributed by atoms with E-state index in [4.69, 9.17) is 10.5 Å². The highest BCUT2D eigenvalue weighted by Crippen LogP contribution is 2.28. The van der Waals surface area contributed by atoms with Crippen molar-refractivity contribution in [3.63, 3.8) is 0 Å². The second-order valence-electron chi connectivity index (χ2n) is 3.48. The number of imidazole rings is 1. The molecule has 1 fully saturated rings. The van der Waals surface area contributed by atoms with E-state index in [1.807, 2.05) is 0 Å². The van der Waals surface area contributed by atoms with Crippen molar-refractivity contribution in [2.45, 2.75) is 25.3 Å². The zero-order valence-corrected chi connectivity index (χ0v) is 9.51. The summed E-state index contributed by atoms with van der Waals surface area (Å²) < 4.78 is 6.10. The van der Waals surface area contributed by atoms with E-state index in [2.05, 4.69) is 25.9 Å². The predicted octanol–water partition coefficient (Wildman–Crippen LogP) is 1.52. The molecule has 4 nitrogen and oxygen atoms in total. The summed E-state index contributed by atoms with van der Waals surface area (Å²) in [5, 5.41) is 0. The van der Waals surface area contributed by atoms with Crippen molar-refractivity contribution in [2.75, 3.05) is 13.2 Å². The van der Waals surface area contributed by atoms with Crippen LogP contribution in [0.1, 0.15) is 30.1 Å². The molecule has 0 spiro atoms. The first kappa shape index (κ1) is 10.1. The Labute approximate surface area is 91.4 Å². The molecule has 1 aliphatic heterocycles. The largest absolute Gasteiger partial charge is 0.381 e. The summed E-state index contributed by atoms with van der Waals surface area (Å²) in [5.74, 6) is 0.504. The minimum Gasteiger partial charge on any atom is -0.381 e. The molecular formula is C9H14BrN3O. The molecule has 0 aliphatic carbocycles. The van der Waals surface area contributed by atoms with E-state index < -0.39 is 0 Å². The van der Waals surface area contributed by atoms with Gasteiger partial charge in [0.15, 0.2) is 4.73 Å². The Morgan fingerprint density at radius 2 is 2.21 bits per heavy atom. The maximum absolute atomic E-state index is 5.65. The van der Waals surface area contributed by atoms with Gasteiger partial charge in [-0.1, -0.05) is 0 Å². The third-order valence-electron chi connectivity index (χ3n) is 2.59. The van der Waals surface area contributed by atoms with Crippen LogP contribution in [0.3, 0.4) is 0 Å². The van der Waals surface area contributed by atoms with Gasteiger partial charge in [-0.3, -0.25) is 0 Å². The Kier molecular flexibility index (Phi) is 3.20.